The van der Waals surface area contributed by atoms with Gasteiger partial charge in [0.2, 0.25) is 0 Å². The summed E-state index contributed by atoms with van der Waals surface area (Å²) in [6, 6.07) is 5.51. The van der Waals surface area contributed by atoms with Crippen LogP contribution in [0, 0.1) is 6.92 Å². The molecule has 0 radical (unpaired) electrons. The number of nitrogens with one attached hydrogen (secondary N) is 1. The van der Waals surface area contributed by atoms with Crippen LogP contribution in [0.5, 0.6) is 0 Å². The topological polar surface area (TPSA) is 85.9 Å². The number of aryl methyl sites for hydroxylation is 1. The minimum Gasteiger partial charge on any atom is -0.398 e. The van der Waals surface area contributed by atoms with Crippen molar-refractivity contribution in [2.45, 2.75) is 13.5 Å². The highest BCUT2D eigenvalue weighted by Crippen LogP contribution is 2.16. The van der Waals surface area contributed by atoms with Crippen molar-refractivity contribution in [2.24, 2.45) is 11.1 Å². The van der Waals surface area contributed by atoms with Gasteiger partial charge in [0, 0.05) is 12.6 Å². The van der Waals surface area contributed by atoms with Crippen molar-refractivity contribution in [3.8, 4) is 0 Å². The molecule has 0 spiro atoms. The van der Waals surface area contributed by atoms with Crippen molar-refractivity contribution in [3.63, 3.8) is 0 Å². The number of amides is 1. The second kappa shape index (κ2) is 6.73. The van der Waals surface area contributed by atoms with Crippen LogP contribution in [0.1, 0.15) is 16.7 Å². The molecule has 0 unspecified atom stereocenters. The number of hydrogen-bond donors (Lipinski definition) is 2. The second-order valence-corrected chi connectivity index (χ2v) is 3.61. The van der Waals surface area contributed by atoms with Crippen LogP contribution < -0.4 is 11.2 Å². The fourth-order valence-electron chi connectivity index (χ4n) is 1.62. The lowest BCUT2D eigenvalue weighted by molar-refractivity contribution is -0.114. The van der Waals surface area contributed by atoms with E-state index < -0.39 is 0 Å². The quantitative estimate of drug-likeness (QED) is 0.588. The minimum absolute atomic E-state index is 0.191. The van der Waals surface area contributed by atoms with Crippen LogP contribution in [-0.4, -0.2) is 25.8 Å². The van der Waals surface area contributed by atoms with E-state index in [2.05, 4.69) is 15.3 Å². The third kappa shape index (κ3) is 3.06. The highest BCUT2D eigenvalue weighted by molar-refractivity contribution is 6.45. The molecule has 0 aliphatic heterocycles. The Morgan fingerprint density at radius 1 is 1.50 bits per heavy atom. The molecule has 0 heterocycles. The van der Waals surface area contributed by atoms with E-state index in [1.165, 1.54) is 14.2 Å². The minimum atomic E-state index is -0.333. The van der Waals surface area contributed by atoms with Gasteiger partial charge in [0.05, 0.1) is 6.61 Å². The molecule has 0 atom stereocenters. The molecule has 1 rings (SSSR count). The molecule has 6 nitrogen and oxygen atoms in total. The van der Waals surface area contributed by atoms with Crippen molar-refractivity contribution in [2.75, 3.05) is 14.2 Å². The summed E-state index contributed by atoms with van der Waals surface area (Å²) in [7, 11) is 2.92. The van der Waals surface area contributed by atoms with Crippen molar-refractivity contribution >= 4 is 11.6 Å². The predicted molar refractivity (Wildman–Crippen MR) is 67.8 cm³/mol. The second-order valence-electron chi connectivity index (χ2n) is 3.61. The van der Waals surface area contributed by atoms with Gasteiger partial charge >= 0.3 is 0 Å². The monoisotopic (exact) mass is 251 g/mol. The first kappa shape index (κ1) is 14.1. The van der Waals surface area contributed by atoms with Gasteiger partial charge in [-0.15, -0.1) is 0 Å². The van der Waals surface area contributed by atoms with Crippen LogP contribution in [-0.2, 0) is 21.1 Å². The first-order chi connectivity index (χ1) is 8.65. The zero-order valence-corrected chi connectivity index (χ0v) is 10.7. The molecule has 98 valence electrons. The van der Waals surface area contributed by atoms with E-state index in [1.54, 1.807) is 6.07 Å². The molecule has 1 aromatic carbocycles. The first-order valence-corrected chi connectivity index (χ1v) is 5.39. The SMILES string of the molecule is CNC(=O)/C(=N/OC)c1cccc(C)c1CON. The summed E-state index contributed by atoms with van der Waals surface area (Å²) in [5, 5.41) is 6.27. The number of benzene rings is 1. The molecular formula is C12H17N3O3. The number of rotatable bonds is 5. The molecule has 0 aliphatic rings. The van der Waals surface area contributed by atoms with Crippen LogP contribution in [0.3, 0.4) is 0 Å². The zero-order valence-electron chi connectivity index (χ0n) is 10.7. The van der Waals surface area contributed by atoms with Gasteiger partial charge in [-0.3, -0.25) is 9.63 Å². The van der Waals surface area contributed by atoms with Crippen LogP contribution in [0.2, 0.25) is 0 Å². The van der Waals surface area contributed by atoms with Gasteiger partial charge in [0.1, 0.15) is 7.11 Å². The van der Waals surface area contributed by atoms with Gasteiger partial charge in [0.15, 0.2) is 5.71 Å². The Kier molecular flexibility index (Phi) is 5.29. The molecule has 18 heavy (non-hydrogen) atoms. The summed E-state index contributed by atoms with van der Waals surface area (Å²) in [5.74, 6) is 4.78. The Labute approximate surface area is 106 Å². The third-order valence-electron chi connectivity index (χ3n) is 2.52. The number of carbonyl (C=O) groups excluding carboxylic acids is 1. The molecular weight excluding hydrogens is 234 g/mol. The fraction of sp³-hybridized carbons (Fsp3) is 0.333. The van der Waals surface area contributed by atoms with E-state index in [1.807, 2.05) is 19.1 Å². The van der Waals surface area contributed by atoms with Crippen molar-refractivity contribution < 1.29 is 14.5 Å². The Morgan fingerprint density at radius 2 is 2.22 bits per heavy atom. The summed E-state index contributed by atoms with van der Waals surface area (Å²) < 4.78 is 0. The average molecular weight is 251 g/mol. The Balaban J connectivity index is 3.32. The summed E-state index contributed by atoms with van der Waals surface area (Å²) in [6.07, 6.45) is 0. The van der Waals surface area contributed by atoms with Crippen LogP contribution in [0.15, 0.2) is 23.4 Å². The molecule has 1 aromatic rings. The summed E-state index contributed by atoms with van der Waals surface area (Å²) >= 11 is 0. The van der Waals surface area contributed by atoms with E-state index >= 15 is 0 Å². The molecule has 0 aromatic heterocycles. The Hall–Kier alpha value is -1.92. The lowest BCUT2D eigenvalue weighted by atomic mass is 9.98. The largest absolute Gasteiger partial charge is 0.398 e. The number of hydrogen-bond acceptors (Lipinski definition) is 5. The van der Waals surface area contributed by atoms with Gasteiger partial charge in [-0.2, -0.15) is 0 Å². The standard InChI is InChI=1S/C12H17N3O3/c1-8-5-4-6-9(10(8)7-18-13)11(15-17-3)12(16)14-2/h4-6H,7,13H2,1-3H3,(H,14,16)/b15-11+. The van der Waals surface area contributed by atoms with Gasteiger partial charge in [0.25, 0.3) is 5.91 Å². The van der Waals surface area contributed by atoms with Crippen molar-refractivity contribution in [3.05, 3.63) is 34.9 Å². The van der Waals surface area contributed by atoms with Gasteiger partial charge in [-0.05, 0) is 18.1 Å². The van der Waals surface area contributed by atoms with Crippen LogP contribution in [0.25, 0.3) is 0 Å². The third-order valence-corrected chi connectivity index (χ3v) is 2.52. The average Bonchev–Trinajstić information content (AvgIpc) is 2.38. The highest BCUT2D eigenvalue weighted by Gasteiger charge is 2.18. The zero-order chi connectivity index (χ0) is 13.5. The molecule has 0 saturated carbocycles. The van der Waals surface area contributed by atoms with Gasteiger partial charge in [-0.1, -0.05) is 23.4 Å². The number of oxime groups is 1. The fourth-order valence-corrected chi connectivity index (χ4v) is 1.62. The highest BCUT2D eigenvalue weighted by atomic mass is 16.6. The molecule has 6 heteroatoms. The van der Waals surface area contributed by atoms with Crippen molar-refractivity contribution in [1.29, 1.82) is 0 Å². The molecule has 3 N–H and O–H groups in total. The smallest absolute Gasteiger partial charge is 0.273 e. The molecule has 0 bridgehead atoms. The maximum Gasteiger partial charge on any atom is 0.273 e. The molecule has 0 saturated heterocycles. The normalized spacial score (nSPS) is 11.2. The first-order valence-electron chi connectivity index (χ1n) is 5.39. The number of nitrogens with two attached hydrogens (primary N) is 1. The number of carbonyl (C=O) groups is 1. The Bertz CT molecular complexity index is 458. The lowest BCUT2D eigenvalue weighted by Gasteiger charge is -2.12. The lowest BCUT2D eigenvalue weighted by Crippen LogP contribution is -2.29. The molecule has 1 amide bonds. The maximum atomic E-state index is 11.8. The summed E-state index contributed by atoms with van der Waals surface area (Å²) in [4.78, 5) is 21.1. The van der Waals surface area contributed by atoms with E-state index in [4.69, 9.17) is 10.7 Å². The summed E-state index contributed by atoms with van der Waals surface area (Å²) in [6.45, 7) is 2.11. The Morgan fingerprint density at radius 3 is 2.78 bits per heavy atom. The van der Waals surface area contributed by atoms with Gasteiger partial charge in [-0.25, -0.2) is 5.90 Å². The van der Waals surface area contributed by atoms with Crippen molar-refractivity contribution in [1.82, 2.24) is 5.32 Å². The van der Waals surface area contributed by atoms with E-state index in [-0.39, 0.29) is 18.2 Å². The number of nitrogens with zero attached hydrogens (tertiary/aromatic N) is 1. The van der Waals surface area contributed by atoms with E-state index in [0.29, 0.717) is 5.56 Å². The van der Waals surface area contributed by atoms with Gasteiger partial charge < -0.3 is 10.2 Å². The van der Waals surface area contributed by atoms with E-state index in [9.17, 15) is 4.79 Å². The van der Waals surface area contributed by atoms with E-state index in [0.717, 1.165) is 11.1 Å². The van der Waals surface area contributed by atoms with Crippen LogP contribution >= 0.6 is 0 Å². The van der Waals surface area contributed by atoms with Crippen LogP contribution in [0.4, 0.5) is 0 Å². The summed E-state index contributed by atoms with van der Waals surface area (Å²) in [5.41, 5.74) is 2.60. The predicted octanol–water partition coefficient (Wildman–Crippen LogP) is 0.482. The molecule has 0 fully saturated rings. The number of likely N-dealkylation sites (N-methyl/N-ethyl adjacent to an activating group) is 1. The maximum absolute atomic E-state index is 11.8. The molecule has 0 aliphatic carbocycles.